The third kappa shape index (κ3) is 8.27. The van der Waals surface area contributed by atoms with Crippen molar-refractivity contribution in [2.45, 2.75) is 12.8 Å². The molecule has 0 aliphatic heterocycles. The minimum atomic E-state index is -3.56. The number of unbranched alkanes of at least 4 members (excludes halogenated alkanes) is 1. The minimum absolute atomic E-state index is 0.00639. The summed E-state index contributed by atoms with van der Waals surface area (Å²) in [6, 6.07) is 0. The van der Waals surface area contributed by atoms with E-state index in [2.05, 4.69) is 0 Å². The second kappa shape index (κ2) is 4.14. The number of aliphatic hydroxyl groups is 1. The maximum Gasteiger partial charge on any atom is 0.403 e. The van der Waals surface area contributed by atoms with Gasteiger partial charge in [0.2, 0.25) is 0 Å². The van der Waals surface area contributed by atoms with Crippen LogP contribution in [0.4, 0.5) is 0 Å². The van der Waals surface area contributed by atoms with Crippen molar-refractivity contribution in [3.63, 3.8) is 0 Å². The van der Waals surface area contributed by atoms with E-state index in [0.29, 0.717) is 12.8 Å². The first kappa shape index (κ1) is 9.27. The molecular weight excluding hydrogens is 143 g/mol. The zero-order valence-corrected chi connectivity index (χ0v) is 5.96. The summed E-state index contributed by atoms with van der Waals surface area (Å²) in [6.07, 6.45) is 0.949. The van der Waals surface area contributed by atoms with Crippen LogP contribution in [0.5, 0.6) is 0 Å². The lowest BCUT2D eigenvalue weighted by atomic mass is 10.4. The van der Waals surface area contributed by atoms with E-state index in [1.54, 1.807) is 0 Å². The molecule has 0 rings (SSSR count). The van der Waals surface area contributed by atoms with E-state index in [-0.39, 0.29) is 12.8 Å². The second-order valence-corrected chi connectivity index (χ2v) is 3.68. The van der Waals surface area contributed by atoms with Crippen molar-refractivity contribution in [1.29, 1.82) is 0 Å². The van der Waals surface area contributed by atoms with Crippen LogP contribution >= 0.6 is 7.94 Å². The molecule has 0 aromatic carbocycles. The Morgan fingerprint density at radius 2 is 1.56 bits per heavy atom. The predicted molar refractivity (Wildman–Crippen MR) is 34.8 cm³/mol. The van der Waals surface area contributed by atoms with Crippen LogP contribution in [-0.4, -0.2) is 32.6 Å². The van der Waals surface area contributed by atoms with Gasteiger partial charge < -0.3 is 5.11 Å². The Bertz CT molecular complexity index is 69.5. The molecule has 56 valence electrons. The molecule has 0 spiro atoms. The Morgan fingerprint density at radius 1 is 1.00 bits per heavy atom. The van der Waals surface area contributed by atoms with Crippen LogP contribution in [0.25, 0.3) is 0 Å². The van der Waals surface area contributed by atoms with Crippen molar-refractivity contribution < 1.29 is 19.8 Å². The average molecular weight is 155 g/mol. The summed E-state index contributed by atoms with van der Waals surface area (Å²) in [6.45, 7) is 0.0278. The molecule has 0 aliphatic carbocycles. The molecule has 0 radical (unpaired) electrons. The van der Waals surface area contributed by atoms with Gasteiger partial charge in [0.15, 0.2) is 0 Å². The van der Waals surface area contributed by atoms with Crippen LogP contribution in [0.1, 0.15) is 12.8 Å². The third-order valence-electron chi connectivity index (χ3n) is 0.866. The van der Waals surface area contributed by atoms with Gasteiger partial charge in [-0.05, 0) is 12.8 Å². The Hall–Kier alpha value is 0.270. The average Bonchev–Trinajstić information content (AvgIpc) is 1.63. The van der Waals surface area contributed by atoms with Gasteiger partial charge in [0.1, 0.15) is 6.16 Å². The van der Waals surface area contributed by atoms with Crippen LogP contribution in [0.3, 0.4) is 0 Å². The van der Waals surface area contributed by atoms with Gasteiger partial charge in [-0.1, -0.05) is 0 Å². The Kier molecular flexibility index (Phi) is 4.27. The fourth-order valence-electron chi connectivity index (χ4n) is 0.436. The topological polar surface area (TPSA) is 80.9 Å². The number of rotatable bonds is 4. The summed E-state index contributed by atoms with van der Waals surface area (Å²) >= 11 is 0. The van der Waals surface area contributed by atoms with Crippen molar-refractivity contribution in [1.82, 2.24) is 0 Å². The lowest BCUT2D eigenvalue weighted by Gasteiger charge is -2.00. The molecule has 0 bridgehead atoms. The molecule has 5 heteroatoms. The highest BCUT2D eigenvalue weighted by Crippen LogP contribution is 2.44. The largest absolute Gasteiger partial charge is 0.403 e. The summed E-state index contributed by atoms with van der Waals surface area (Å²) in [5.41, 5.74) is 0. The van der Waals surface area contributed by atoms with Crippen LogP contribution in [0.2, 0.25) is 0 Å². The van der Waals surface area contributed by atoms with E-state index >= 15 is 0 Å². The van der Waals surface area contributed by atoms with Crippen LogP contribution < -0.4 is 0 Å². The Morgan fingerprint density at radius 3 is 1.89 bits per heavy atom. The highest BCUT2D eigenvalue weighted by molar-refractivity contribution is 7.58. The third-order valence-corrected chi connectivity index (χ3v) is 1.78. The number of hydrogen-bond donors (Lipinski definition) is 4. The van der Waals surface area contributed by atoms with Gasteiger partial charge in [-0.15, -0.1) is 0 Å². The van der Waals surface area contributed by atoms with Gasteiger partial charge in [0, 0.05) is 6.61 Å². The Balaban J connectivity index is 3.07. The molecule has 9 heavy (non-hydrogen) atoms. The fraction of sp³-hybridized carbons (Fsp3) is 1.00. The monoisotopic (exact) mass is 155 g/mol. The lowest BCUT2D eigenvalue weighted by molar-refractivity contribution is 0.282. The van der Waals surface area contributed by atoms with Crippen LogP contribution in [0, 0.1) is 0 Å². The van der Waals surface area contributed by atoms with Gasteiger partial charge in [0.05, 0.1) is 0 Å². The summed E-state index contributed by atoms with van der Waals surface area (Å²) in [5.74, 6) is 0. The van der Waals surface area contributed by atoms with E-state index in [1.807, 2.05) is 0 Å². The standard InChI is InChI=1S/C4H12O4P/c5-3-1-2-4-9(6,7)8/h5-8H,1-4H2/q+1. The highest BCUT2D eigenvalue weighted by Gasteiger charge is 2.27. The molecule has 4 nitrogen and oxygen atoms in total. The molecule has 0 saturated carbocycles. The normalized spacial score (nSPS) is 12.0. The maximum absolute atomic E-state index is 8.38. The van der Waals surface area contributed by atoms with Crippen molar-refractivity contribution >= 4 is 7.94 Å². The molecule has 0 aromatic heterocycles. The molecule has 0 unspecified atom stereocenters. The maximum atomic E-state index is 8.38. The number of aliphatic hydroxyl groups excluding tert-OH is 1. The van der Waals surface area contributed by atoms with E-state index in [0.717, 1.165) is 0 Å². The number of hydrogen-bond acceptors (Lipinski definition) is 4. The molecule has 4 N–H and O–H groups in total. The zero-order valence-electron chi connectivity index (χ0n) is 5.06. The van der Waals surface area contributed by atoms with Crippen molar-refractivity contribution in [2.24, 2.45) is 0 Å². The SMILES string of the molecule is OCCCC[P+](O)(O)O. The molecule has 0 aromatic rings. The molecular formula is C4H12O4P+. The lowest BCUT2D eigenvalue weighted by Crippen LogP contribution is -1.96. The van der Waals surface area contributed by atoms with Gasteiger partial charge in [-0.2, -0.15) is 14.7 Å². The summed E-state index contributed by atoms with van der Waals surface area (Å²) < 4.78 is 0. The van der Waals surface area contributed by atoms with E-state index in [1.165, 1.54) is 0 Å². The first-order valence-electron chi connectivity index (χ1n) is 2.73. The molecule has 0 fully saturated rings. The Labute approximate surface area is 54.4 Å². The van der Waals surface area contributed by atoms with E-state index < -0.39 is 7.94 Å². The molecule has 0 atom stereocenters. The van der Waals surface area contributed by atoms with Gasteiger partial charge in [-0.3, -0.25) is 0 Å². The quantitative estimate of drug-likeness (QED) is 0.326. The van der Waals surface area contributed by atoms with Gasteiger partial charge >= 0.3 is 7.94 Å². The summed E-state index contributed by atoms with van der Waals surface area (Å²) in [4.78, 5) is 25.2. The fourth-order valence-corrected chi connectivity index (χ4v) is 1.08. The van der Waals surface area contributed by atoms with Crippen molar-refractivity contribution in [3.8, 4) is 0 Å². The second-order valence-electron chi connectivity index (χ2n) is 1.85. The highest BCUT2D eigenvalue weighted by atomic mass is 31.2. The van der Waals surface area contributed by atoms with E-state index in [4.69, 9.17) is 19.8 Å². The predicted octanol–water partition coefficient (Wildman–Crippen LogP) is -0.502. The summed E-state index contributed by atoms with van der Waals surface area (Å²) in [5, 5.41) is 8.23. The summed E-state index contributed by atoms with van der Waals surface area (Å²) in [7, 11) is -3.56. The first-order chi connectivity index (χ1) is 4.06. The minimum Gasteiger partial charge on any atom is -0.396 e. The van der Waals surface area contributed by atoms with Crippen LogP contribution in [-0.2, 0) is 0 Å². The van der Waals surface area contributed by atoms with Crippen molar-refractivity contribution in [3.05, 3.63) is 0 Å². The molecule has 0 aliphatic rings. The molecule has 0 amide bonds. The molecule has 0 saturated heterocycles. The first-order valence-corrected chi connectivity index (χ1v) is 4.56. The van der Waals surface area contributed by atoms with Gasteiger partial charge in [-0.25, -0.2) is 0 Å². The van der Waals surface area contributed by atoms with E-state index in [9.17, 15) is 0 Å². The zero-order chi connectivity index (χ0) is 7.33. The van der Waals surface area contributed by atoms with Crippen LogP contribution in [0.15, 0.2) is 0 Å². The smallest absolute Gasteiger partial charge is 0.396 e. The molecule has 0 heterocycles. The van der Waals surface area contributed by atoms with Gasteiger partial charge in [0.25, 0.3) is 0 Å². The van der Waals surface area contributed by atoms with Crippen molar-refractivity contribution in [2.75, 3.05) is 12.8 Å².